The first-order valence-electron chi connectivity index (χ1n) is 3.25. The lowest BCUT2D eigenvalue weighted by Gasteiger charge is -2.13. The maximum Gasteiger partial charge on any atom is 0.236 e. The molecular weight excluding hydrogens is 128 g/mol. The molecule has 0 radical (unpaired) electrons. The highest BCUT2D eigenvalue weighted by Crippen LogP contribution is 2.17. The van der Waals surface area contributed by atoms with Gasteiger partial charge in [0, 0.05) is 0 Å². The Balaban J connectivity index is 4.50. The Bertz CT molecular complexity index is 182. The average molecular weight is 138 g/mol. The van der Waals surface area contributed by atoms with Gasteiger partial charge >= 0.3 is 0 Å². The van der Waals surface area contributed by atoms with E-state index in [2.05, 4.69) is 4.99 Å². The van der Waals surface area contributed by atoms with E-state index in [1.54, 1.807) is 0 Å². The Kier molecular flexibility index (Phi) is 3.38. The second kappa shape index (κ2) is 3.81. The van der Waals surface area contributed by atoms with E-state index in [1.165, 1.54) is 6.08 Å². The normalized spacial score (nSPS) is 9.70. The molecule has 0 aromatic heterocycles. The molecule has 0 saturated heterocycles. The van der Waals surface area contributed by atoms with Crippen molar-refractivity contribution in [3.63, 3.8) is 0 Å². The highest BCUT2D eigenvalue weighted by Gasteiger charge is 2.23. The molecule has 0 aromatic rings. The maximum atomic E-state index is 9.85. The Morgan fingerprint density at radius 1 is 1.50 bits per heavy atom. The Morgan fingerprint density at radius 3 is 2.10 bits per heavy atom. The SMILES string of the molecule is CCC(C#N)(CC)N=C=O. The Hall–Kier alpha value is -1.13. The van der Waals surface area contributed by atoms with Crippen molar-refractivity contribution in [2.75, 3.05) is 0 Å². The number of hydrogen-bond acceptors (Lipinski definition) is 3. The van der Waals surface area contributed by atoms with Crippen molar-refractivity contribution in [1.82, 2.24) is 0 Å². The minimum Gasteiger partial charge on any atom is -0.211 e. The molecule has 0 spiro atoms. The van der Waals surface area contributed by atoms with Crippen LogP contribution in [0.2, 0.25) is 0 Å². The van der Waals surface area contributed by atoms with E-state index in [9.17, 15) is 4.79 Å². The smallest absolute Gasteiger partial charge is 0.211 e. The monoisotopic (exact) mass is 138 g/mol. The molecule has 0 N–H and O–H groups in total. The van der Waals surface area contributed by atoms with Crippen LogP contribution < -0.4 is 0 Å². The van der Waals surface area contributed by atoms with Crippen molar-refractivity contribution in [2.24, 2.45) is 4.99 Å². The molecule has 0 aromatic carbocycles. The van der Waals surface area contributed by atoms with Gasteiger partial charge in [-0.25, -0.2) is 4.79 Å². The van der Waals surface area contributed by atoms with Gasteiger partial charge in [-0.3, -0.25) is 0 Å². The highest BCUT2D eigenvalue weighted by atomic mass is 16.1. The van der Waals surface area contributed by atoms with Gasteiger partial charge < -0.3 is 0 Å². The van der Waals surface area contributed by atoms with Crippen LogP contribution in [0, 0.1) is 11.3 Å². The molecule has 10 heavy (non-hydrogen) atoms. The van der Waals surface area contributed by atoms with Gasteiger partial charge in [0.1, 0.15) is 0 Å². The van der Waals surface area contributed by atoms with E-state index in [1.807, 2.05) is 19.9 Å². The summed E-state index contributed by atoms with van der Waals surface area (Å²) in [5.74, 6) is 0. The number of aliphatic imine (C=N–C) groups is 1. The molecule has 0 aliphatic heterocycles. The van der Waals surface area contributed by atoms with Gasteiger partial charge in [-0.05, 0) is 12.8 Å². The third-order valence-electron chi connectivity index (χ3n) is 1.64. The number of hydrogen-bond donors (Lipinski definition) is 0. The molecule has 0 rings (SSSR count). The molecule has 0 unspecified atom stereocenters. The number of rotatable bonds is 3. The molecule has 0 saturated carbocycles. The summed E-state index contributed by atoms with van der Waals surface area (Å²) in [5, 5.41) is 8.59. The van der Waals surface area contributed by atoms with E-state index >= 15 is 0 Å². The van der Waals surface area contributed by atoms with Crippen LogP contribution in [0.5, 0.6) is 0 Å². The molecule has 3 heteroatoms. The first kappa shape index (κ1) is 8.87. The lowest BCUT2D eigenvalue weighted by atomic mass is 9.96. The zero-order valence-electron chi connectivity index (χ0n) is 6.22. The van der Waals surface area contributed by atoms with E-state index in [4.69, 9.17) is 5.26 Å². The second-order valence-corrected chi connectivity index (χ2v) is 2.05. The van der Waals surface area contributed by atoms with E-state index in [0.717, 1.165) is 0 Å². The molecule has 0 heterocycles. The molecule has 3 nitrogen and oxygen atoms in total. The summed E-state index contributed by atoms with van der Waals surface area (Å²) in [6, 6.07) is 1.99. The molecule has 0 fully saturated rings. The summed E-state index contributed by atoms with van der Waals surface area (Å²) in [5.41, 5.74) is -0.818. The van der Waals surface area contributed by atoms with Crippen LogP contribution in [0.3, 0.4) is 0 Å². The topological polar surface area (TPSA) is 53.2 Å². The Labute approximate surface area is 60.4 Å². The first-order chi connectivity index (χ1) is 4.74. The molecule has 0 amide bonds. The Morgan fingerprint density at radius 2 is 2.00 bits per heavy atom. The second-order valence-electron chi connectivity index (χ2n) is 2.05. The molecular formula is C7H10N2O. The molecule has 0 aliphatic rings. The number of isocyanates is 1. The zero-order chi connectivity index (χ0) is 8.04. The lowest BCUT2D eigenvalue weighted by molar-refractivity contribution is 0.494. The van der Waals surface area contributed by atoms with Crippen LogP contribution in [-0.2, 0) is 4.79 Å². The molecule has 0 bridgehead atoms. The minimum atomic E-state index is -0.818. The summed E-state index contributed by atoms with van der Waals surface area (Å²) in [4.78, 5) is 13.3. The van der Waals surface area contributed by atoms with Gasteiger partial charge in [0.2, 0.25) is 6.08 Å². The van der Waals surface area contributed by atoms with Crippen LogP contribution in [0.1, 0.15) is 26.7 Å². The number of nitrogens with zero attached hydrogens (tertiary/aromatic N) is 2. The van der Waals surface area contributed by atoms with E-state index in [0.29, 0.717) is 12.8 Å². The predicted octanol–water partition coefficient (Wildman–Crippen LogP) is 1.40. The fourth-order valence-corrected chi connectivity index (χ4v) is 0.679. The average Bonchev–Trinajstić information content (AvgIpc) is 2.01. The van der Waals surface area contributed by atoms with Crippen molar-refractivity contribution in [3.05, 3.63) is 0 Å². The third-order valence-corrected chi connectivity index (χ3v) is 1.64. The number of carbonyl (C=O) groups excluding carboxylic acids is 1. The van der Waals surface area contributed by atoms with Crippen LogP contribution >= 0.6 is 0 Å². The summed E-state index contributed by atoms with van der Waals surface area (Å²) in [6.07, 6.45) is 2.54. The van der Waals surface area contributed by atoms with Crippen molar-refractivity contribution >= 4 is 6.08 Å². The van der Waals surface area contributed by atoms with Gasteiger partial charge in [0.15, 0.2) is 5.54 Å². The predicted molar refractivity (Wildman–Crippen MR) is 37.0 cm³/mol. The zero-order valence-corrected chi connectivity index (χ0v) is 6.22. The van der Waals surface area contributed by atoms with E-state index < -0.39 is 5.54 Å². The van der Waals surface area contributed by atoms with Gasteiger partial charge in [-0.2, -0.15) is 10.3 Å². The fraction of sp³-hybridized carbons (Fsp3) is 0.714. The standard InChI is InChI=1S/C7H10N2O/c1-3-7(4-2,5-8)9-6-10/h3-4H2,1-2H3. The van der Waals surface area contributed by atoms with E-state index in [-0.39, 0.29) is 0 Å². The van der Waals surface area contributed by atoms with Gasteiger partial charge in [0.05, 0.1) is 6.07 Å². The third kappa shape index (κ3) is 1.68. The summed E-state index contributed by atoms with van der Waals surface area (Å²) < 4.78 is 0. The largest absolute Gasteiger partial charge is 0.236 e. The minimum absolute atomic E-state index is 0.565. The first-order valence-corrected chi connectivity index (χ1v) is 3.25. The fourth-order valence-electron chi connectivity index (χ4n) is 0.679. The van der Waals surface area contributed by atoms with Gasteiger partial charge in [-0.1, -0.05) is 13.8 Å². The summed E-state index contributed by atoms with van der Waals surface area (Å²) in [7, 11) is 0. The van der Waals surface area contributed by atoms with Crippen molar-refractivity contribution in [3.8, 4) is 6.07 Å². The molecule has 0 aliphatic carbocycles. The van der Waals surface area contributed by atoms with Crippen LogP contribution in [0.15, 0.2) is 4.99 Å². The van der Waals surface area contributed by atoms with Crippen molar-refractivity contribution in [1.29, 1.82) is 5.26 Å². The summed E-state index contributed by atoms with van der Waals surface area (Å²) in [6.45, 7) is 3.65. The quantitative estimate of drug-likeness (QED) is 0.437. The van der Waals surface area contributed by atoms with Crippen LogP contribution in [0.25, 0.3) is 0 Å². The van der Waals surface area contributed by atoms with Crippen molar-refractivity contribution in [2.45, 2.75) is 32.2 Å². The van der Waals surface area contributed by atoms with Gasteiger partial charge in [0.25, 0.3) is 0 Å². The van der Waals surface area contributed by atoms with Gasteiger partial charge in [-0.15, -0.1) is 0 Å². The van der Waals surface area contributed by atoms with Crippen LogP contribution in [-0.4, -0.2) is 11.6 Å². The molecule has 54 valence electrons. The lowest BCUT2D eigenvalue weighted by Crippen LogP contribution is -2.21. The summed E-state index contributed by atoms with van der Waals surface area (Å²) >= 11 is 0. The van der Waals surface area contributed by atoms with Crippen LogP contribution in [0.4, 0.5) is 0 Å². The number of nitriles is 1. The maximum absolute atomic E-state index is 9.85. The van der Waals surface area contributed by atoms with Crippen molar-refractivity contribution < 1.29 is 4.79 Å². The highest BCUT2D eigenvalue weighted by molar-refractivity contribution is 5.36. The molecule has 0 atom stereocenters.